The summed E-state index contributed by atoms with van der Waals surface area (Å²) in [6.45, 7) is 0.582. The highest BCUT2D eigenvalue weighted by Crippen LogP contribution is 2.29. The topological polar surface area (TPSA) is 43.6 Å². The monoisotopic (exact) mass is 283 g/mol. The maximum atomic E-state index is 5.79. The number of anilines is 1. The van der Waals surface area contributed by atoms with E-state index in [4.69, 9.17) is 13.9 Å². The summed E-state index contributed by atoms with van der Waals surface area (Å²) in [4.78, 5) is 0. The van der Waals surface area contributed by atoms with Gasteiger partial charge in [0.05, 0.1) is 26.5 Å². The average Bonchev–Trinajstić information content (AvgIpc) is 2.95. The fourth-order valence-corrected chi connectivity index (χ4v) is 2.26. The summed E-state index contributed by atoms with van der Waals surface area (Å²) in [7, 11) is 3.29. The van der Waals surface area contributed by atoms with Crippen molar-refractivity contribution in [1.29, 1.82) is 0 Å². The first kappa shape index (κ1) is 13.4. The minimum atomic E-state index is 0.582. The van der Waals surface area contributed by atoms with Gasteiger partial charge in [0, 0.05) is 11.5 Å². The van der Waals surface area contributed by atoms with Gasteiger partial charge in [-0.3, -0.25) is 0 Å². The number of hydrogen-bond donors (Lipinski definition) is 1. The van der Waals surface area contributed by atoms with E-state index in [2.05, 4.69) is 5.32 Å². The van der Waals surface area contributed by atoms with E-state index in [-0.39, 0.29) is 0 Å². The molecule has 0 aliphatic rings. The minimum Gasteiger partial charge on any atom is -0.497 e. The fraction of sp³-hybridized carbons (Fsp3) is 0.176. The molecule has 0 radical (unpaired) electrons. The maximum Gasteiger partial charge on any atom is 0.142 e. The van der Waals surface area contributed by atoms with E-state index in [1.165, 1.54) is 0 Å². The molecule has 108 valence electrons. The van der Waals surface area contributed by atoms with Gasteiger partial charge in [0.25, 0.3) is 0 Å². The third-order valence-corrected chi connectivity index (χ3v) is 3.34. The maximum absolute atomic E-state index is 5.79. The number of methoxy groups -OCH3 is 2. The average molecular weight is 283 g/mol. The van der Waals surface area contributed by atoms with Gasteiger partial charge in [-0.15, -0.1) is 0 Å². The van der Waals surface area contributed by atoms with Gasteiger partial charge in [-0.1, -0.05) is 18.2 Å². The van der Waals surface area contributed by atoms with Crippen molar-refractivity contribution in [2.45, 2.75) is 6.54 Å². The van der Waals surface area contributed by atoms with Crippen molar-refractivity contribution >= 4 is 16.7 Å². The minimum absolute atomic E-state index is 0.582. The van der Waals surface area contributed by atoms with Crippen LogP contribution in [0.3, 0.4) is 0 Å². The highest BCUT2D eigenvalue weighted by molar-refractivity contribution is 5.77. The molecular weight excluding hydrogens is 266 g/mol. The van der Waals surface area contributed by atoms with E-state index < -0.39 is 0 Å². The third kappa shape index (κ3) is 2.79. The Balaban J connectivity index is 1.80. The lowest BCUT2D eigenvalue weighted by Crippen LogP contribution is -2.00. The van der Waals surface area contributed by atoms with Crippen LogP contribution in [0.2, 0.25) is 0 Å². The molecule has 0 atom stereocenters. The van der Waals surface area contributed by atoms with Gasteiger partial charge in [0.1, 0.15) is 22.8 Å². The van der Waals surface area contributed by atoms with E-state index in [0.717, 1.165) is 33.9 Å². The van der Waals surface area contributed by atoms with Gasteiger partial charge >= 0.3 is 0 Å². The van der Waals surface area contributed by atoms with E-state index in [1.807, 2.05) is 48.5 Å². The molecule has 1 N–H and O–H groups in total. The van der Waals surface area contributed by atoms with Crippen LogP contribution in [0.4, 0.5) is 5.69 Å². The van der Waals surface area contributed by atoms with Crippen LogP contribution in [0.25, 0.3) is 11.0 Å². The van der Waals surface area contributed by atoms with Gasteiger partial charge in [-0.05, 0) is 24.3 Å². The van der Waals surface area contributed by atoms with Gasteiger partial charge in [-0.25, -0.2) is 0 Å². The standard InChI is InChI=1S/C17H17NO3/c1-19-13-7-8-17(20-2)15(10-13)18-11-14-9-12-5-3-4-6-16(12)21-14/h3-10,18H,11H2,1-2H3. The Morgan fingerprint density at radius 2 is 1.86 bits per heavy atom. The number of ether oxygens (including phenoxy) is 2. The smallest absolute Gasteiger partial charge is 0.142 e. The predicted octanol–water partition coefficient (Wildman–Crippen LogP) is 4.06. The van der Waals surface area contributed by atoms with Crippen molar-refractivity contribution in [3.05, 3.63) is 54.3 Å². The molecule has 0 saturated heterocycles. The van der Waals surface area contributed by atoms with Crippen molar-refractivity contribution in [2.75, 3.05) is 19.5 Å². The van der Waals surface area contributed by atoms with Crippen LogP contribution in [-0.2, 0) is 6.54 Å². The fourth-order valence-electron chi connectivity index (χ4n) is 2.26. The molecule has 1 aromatic heterocycles. The summed E-state index contributed by atoms with van der Waals surface area (Å²) >= 11 is 0. The van der Waals surface area contributed by atoms with Crippen LogP contribution >= 0.6 is 0 Å². The number of rotatable bonds is 5. The first-order chi connectivity index (χ1) is 10.3. The van der Waals surface area contributed by atoms with E-state index >= 15 is 0 Å². The molecule has 0 fully saturated rings. The van der Waals surface area contributed by atoms with Gasteiger partial charge in [0.2, 0.25) is 0 Å². The number of furan rings is 1. The van der Waals surface area contributed by atoms with Crippen molar-refractivity contribution in [2.24, 2.45) is 0 Å². The largest absolute Gasteiger partial charge is 0.497 e. The van der Waals surface area contributed by atoms with Crippen LogP contribution in [0.15, 0.2) is 52.9 Å². The Kier molecular flexibility index (Phi) is 3.69. The van der Waals surface area contributed by atoms with E-state index in [0.29, 0.717) is 6.54 Å². The SMILES string of the molecule is COc1ccc(OC)c(NCc2cc3ccccc3o2)c1. The van der Waals surface area contributed by atoms with Crippen molar-refractivity contribution in [3.8, 4) is 11.5 Å². The Morgan fingerprint density at radius 3 is 2.62 bits per heavy atom. The lowest BCUT2D eigenvalue weighted by molar-refractivity contribution is 0.404. The van der Waals surface area contributed by atoms with Gasteiger partial charge in [-0.2, -0.15) is 0 Å². The number of benzene rings is 2. The Bertz CT molecular complexity index is 716. The molecule has 0 bridgehead atoms. The Hall–Kier alpha value is -2.62. The van der Waals surface area contributed by atoms with Crippen LogP contribution < -0.4 is 14.8 Å². The highest BCUT2D eigenvalue weighted by Gasteiger charge is 2.07. The summed E-state index contributed by atoms with van der Waals surface area (Å²) in [6, 6.07) is 15.6. The summed E-state index contributed by atoms with van der Waals surface area (Å²) in [5, 5.41) is 4.42. The lowest BCUT2D eigenvalue weighted by Gasteiger charge is -2.11. The number of para-hydroxylation sites is 1. The molecule has 1 heterocycles. The number of nitrogens with one attached hydrogen (secondary N) is 1. The molecule has 0 amide bonds. The van der Waals surface area contributed by atoms with Crippen molar-refractivity contribution < 1.29 is 13.9 Å². The zero-order valence-electron chi connectivity index (χ0n) is 12.1. The highest BCUT2D eigenvalue weighted by atomic mass is 16.5. The number of hydrogen-bond acceptors (Lipinski definition) is 4. The van der Waals surface area contributed by atoms with Crippen molar-refractivity contribution in [3.63, 3.8) is 0 Å². The van der Waals surface area contributed by atoms with Crippen LogP contribution in [-0.4, -0.2) is 14.2 Å². The molecule has 0 aliphatic carbocycles. The molecule has 2 aromatic carbocycles. The molecule has 0 saturated carbocycles. The molecule has 4 heteroatoms. The van der Waals surface area contributed by atoms with Crippen molar-refractivity contribution in [1.82, 2.24) is 0 Å². The second kappa shape index (κ2) is 5.79. The molecule has 3 rings (SSSR count). The van der Waals surface area contributed by atoms with Crippen LogP contribution in [0.5, 0.6) is 11.5 Å². The summed E-state index contributed by atoms with van der Waals surface area (Å²) in [5.74, 6) is 2.43. The molecule has 3 aromatic rings. The second-order valence-corrected chi connectivity index (χ2v) is 4.67. The lowest BCUT2D eigenvalue weighted by atomic mass is 10.2. The normalized spacial score (nSPS) is 10.6. The molecular formula is C17H17NO3. The number of fused-ring (bicyclic) bond motifs is 1. The predicted molar refractivity (Wildman–Crippen MR) is 83.1 cm³/mol. The zero-order chi connectivity index (χ0) is 14.7. The molecule has 0 unspecified atom stereocenters. The molecule has 0 spiro atoms. The summed E-state index contributed by atoms with van der Waals surface area (Å²) in [6.07, 6.45) is 0. The van der Waals surface area contributed by atoms with Crippen LogP contribution in [0, 0.1) is 0 Å². The Morgan fingerprint density at radius 1 is 1.00 bits per heavy atom. The molecule has 0 aliphatic heterocycles. The van der Waals surface area contributed by atoms with Crippen LogP contribution in [0.1, 0.15) is 5.76 Å². The quantitative estimate of drug-likeness (QED) is 0.766. The summed E-state index contributed by atoms with van der Waals surface area (Å²) in [5.41, 5.74) is 1.77. The van der Waals surface area contributed by atoms with Gasteiger partial charge in [0.15, 0.2) is 0 Å². The molecule has 4 nitrogen and oxygen atoms in total. The first-order valence-corrected chi connectivity index (χ1v) is 6.73. The van der Waals surface area contributed by atoms with E-state index in [9.17, 15) is 0 Å². The van der Waals surface area contributed by atoms with Gasteiger partial charge < -0.3 is 19.2 Å². The van der Waals surface area contributed by atoms with E-state index in [1.54, 1.807) is 14.2 Å². The Labute approximate surface area is 123 Å². The second-order valence-electron chi connectivity index (χ2n) is 4.67. The third-order valence-electron chi connectivity index (χ3n) is 3.34. The molecule has 21 heavy (non-hydrogen) atoms. The zero-order valence-corrected chi connectivity index (χ0v) is 12.1. The first-order valence-electron chi connectivity index (χ1n) is 6.73. The summed E-state index contributed by atoms with van der Waals surface area (Å²) < 4.78 is 16.4.